The molecule has 2 unspecified atom stereocenters. The zero-order chi connectivity index (χ0) is 22.9. The number of nitriles is 1. The molecule has 0 saturated heterocycles. The van der Waals surface area contributed by atoms with E-state index in [9.17, 15) is 18.8 Å². The Kier molecular flexibility index (Phi) is 6.77. The van der Waals surface area contributed by atoms with Crippen LogP contribution in [0.25, 0.3) is 0 Å². The Bertz CT molecular complexity index is 1130. The molecule has 31 heavy (non-hydrogen) atoms. The Morgan fingerprint density at radius 1 is 1.19 bits per heavy atom. The van der Waals surface area contributed by atoms with E-state index in [0.29, 0.717) is 36.4 Å². The summed E-state index contributed by atoms with van der Waals surface area (Å²) >= 11 is 6.13. The minimum atomic E-state index is -3.66. The summed E-state index contributed by atoms with van der Waals surface area (Å²) in [6, 6.07) is 4.83. The van der Waals surface area contributed by atoms with Gasteiger partial charge in [-0.1, -0.05) is 39.3 Å². The zero-order valence-electron chi connectivity index (χ0n) is 18.0. The summed E-state index contributed by atoms with van der Waals surface area (Å²) < 4.78 is 32.3. The van der Waals surface area contributed by atoms with Crippen LogP contribution in [-0.2, 0) is 9.84 Å². The van der Waals surface area contributed by atoms with Gasteiger partial charge in [-0.05, 0) is 24.7 Å². The summed E-state index contributed by atoms with van der Waals surface area (Å²) in [5.41, 5.74) is 1.23. The monoisotopic (exact) mass is 463 g/mol. The number of hydrogen-bond acceptors (Lipinski definition) is 7. The Morgan fingerprint density at radius 3 is 2.45 bits per heavy atom. The first-order valence-corrected chi connectivity index (χ1v) is 12.2. The van der Waals surface area contributed by atoms with E-state index in [4.69, 9.17) is 16.3 Å². The zero-order valence-corrected chi connectivity index (χ0v) is 19.5. The summed E-state index contributed by atoms with van der Waals surface area (Å²) in [5, 5.41) is 18.9. The maximum Gasteiger partial charge on any atom is 0.183 e. The van der Waals surface area contributed by atoms with E-state index in [0.717, 1.165) is 0 Å². The van der Waals surface area contributed by atoms with Crippen LogP contribution in [0.4, 0.5) is 0 Å². The molecule has 1 N–H and O–H groups in total. The molecule has 1 fully saturated rings. The molecular formula is C22H26ClN3O4S. The Balaban J connectivity index is 1.80. The second kappa shape index (κ2) is 9.01. The molecule has 2 aromatic rings. The molecule has 0 bridgehead atoms. The molecule has 166 valence electrons. The molecule has 0 aliphatic heterocycles. The number of aromatic hydroxyl groups is 1. The van der Waals surface area contributed by atoms with Crippen LogP contribution in [0, 0.1) is 11.3 Å². The normalized spacial score (nSPS) is 19.0. The molecule has 1 aliphatic carbocycles. The van der Waals surface area contributed by atoms with Gasteiger partial charge in [0.25, 0.3) is 0 Å². The van der Waals surface area contributed by atoms with Crippen molar-refractivity contribution >= 4 is 21.4 Å². The SMILES string of the molecule is CC(C)c1ncc(S(=O)(=O)C2CCC(Oc3cc(Cl)c(C#N)nc3C(C)C)C2)cc1O. The Morgan fingerprint density at radius 2 is 1.87 bits per heavy atom. The predicted octanol–water partition coefficient (Wildman–Crippen LogP) is 4.73. The lowest BCUT2D eigenvalue weighted by Crippen LogP contribution is -2.22. The number of rotatable bonds is 6. The van der Waals surface area contributed by atoms with Crippen molar-refractivity contribution in [3.05, 3.63) is 40.4 Å². The van der Waals surface area contributed by atoms with Crippen LogP contribution < -0.4 is 4.74 Å². The minimum Gasteiger partial charge on any atom is -0.506 e. The highest BCUT2D eigenvalue weighted by Gasteiger charge is 2.37. The summed E-state index contributed by atoms with van der Waals surface area (Å²) in [4.78, 5) is 8.48. The average Bonchev–Trinajstić information content (AvgIpc) is 3.17. The number of pyridine rings is 2. The Hall–Kier alpha value is -2.37. The topological polar surface area (TPSA) is 113 Å². The summed E-state index contributed by atoms with van der Waals surface area (Å²) in [7, 11) is -3.66. The average molecular weight is 464 g/mol. The van der Waals surface area contributed by atoms with Crippen molar-refractivity contribution in [3.63, 3.8) is 0 Å². The highest BCUT2D eigenvalue weighted by molar-refractivity contribution is 7.92. The van der Waals surface area contributed by atoms with Gasteiger partial charge >= 0.3 is 0 Å². The molecular weight excluding hydrogens is 438 g/mol. The number of ether oxygens (including phenoxy) is 1. The van der Waals surface area contributed by atoms with E-state index in [1.54, 1.807) is 6.07 Å². The van der Waals surface area contributed by atoms with Crippen LogP contribution in [0.15, 0.2) is 23.2 Å². The van der Waals surface area contributed by atoms with Gasteiger partial charge in [-0.2, -0.15) is 5.26 Å². The molecule has 0 aromatic carbocycles. The molecule has 2 aromatic heterocycles. The van der Waals surface area contributed by atoms with Crippen molar-refractivity contribution in [1.82, 2.24) is 9.97 Å². The third-order valence-corrected chi connectivity index (χ3v) is 7.91. The molecule has 0 radical (unpaired) electrons. The van der Waals surface area contributed by atoms with Gasteiger partial charge in [0, 0.05) is 24.8 Å². The van der Waals surface area contributed by atoms with E-state index >= 15 is 0 Å². The van der Waals surface area contributed by atoms with E-state index in [1.807, 2.05) is 33.8 Å². The van der Waals surface area contributed by atoms with Crippen LogP contribution in [-0.4, -0.2) is 34.8 Å². The van der Waals surface area contributed by atoms with Crippen LogP contribution in [0.2, 0.25) is 5.02 Å². The van der Waals surface area contributed by atoms with Gasteiger partial charge in [0.1, 0.15) is 23.7 Å². The summed E-state index contributed by atoms with van der Waals surface area (Å²) in [6.07, 6.45) is 2.31. The van der Waals surface area contributed by atoms with Gasteiger partial charge in [-0.15, -0.1) is 0 Å². The standard InChI is InChI=1S/C22H26ClN3O4S/c1-12(2)21-19(27)8-16(11-25-21)31(28,29)15-6-5-14(7-15)30-20-9-17(23)18(10-24)26-22(20)13(3)4/h8-9,11-15,27H,5-7H2,1-4H3. The third-order valence-electron chi connectivity index (χ3n) is 5.44. The minimum absolute atomic E-state index is 0.00817. The fraction of sp³-hybridized carbons (Fsp3) is 0.500. The van der Waals surface area contributed by atoms with E-state index in [1.165, 1.54) is 12.3 Å². The quantitative estimate of drug-likeness (QED) is 0.658. The molecule has 2 atom stereocenters. The molecule has 0 amide bonds. The maximum atomic E-state index is 13.1. The number of sulfone groups is 1. The van der Waals surface area contributed by atoms with Crippen LogP contribution in [0.3, 0.4) is 0 Å². The fourth-order valence-corrected chi connectivity index (χ4v) is 5.74. The number of halogens is 1. The first-order chi connectivity index (χ1) is 14.5. The molecule has 7 nitrogen and oxygen atoms in total. The fourth-order valence-electron chi connectivity index (χ4n) is 3.78. The van der Waals surface area contributed by atoms with E-state index < -0.39 is 15.1 Å². The molecule has 1 saturated carbocycles. The number of aromatic nitrogens is 2. The number of nitrogens with zero attached hydrogens (tertiary/aromatic N) is 3. The van der Waals surface area contributed by atoms with Crippen LogP contribution in [0.5, 0.6) is 11.5 Å². The van der Waals surface area contributed by atoms with Crippen molar-refractivity contribution in [2.24, 2.45) is 0 Å². The lowest BCUT2D eigenvalue weighted by Gasteiger charge is -2.19. The first kappa shape index (κ1) is 23.3. The molecule has 0 spiro atoms. The van der Waals surface area contributed by atoms with Crippen molar-refractivity contribution in [1.29, 1.82) is 5.26 Å². The van der Waals surface area contributed by atoms with E-state index in [-0.39, 0.29) is 39.3 Å². The molecule has 9 heteroatoms. The lowest BCUT2D eigenvalue weighted by atomic mass is 10.1. The molecule has 3 rings (SSSR count). The summed E-state index contributed by atoms with van der Waals surface area (Å²) in [5.74, 6) is 0.363. The third kappa shape index (κ3) is 4.78. The molecule has 1 aliphatic rings. The Labute approximate surface area is 188 Å². The van der Waals surface area contributed by atoms with Gasteiger partial charge in [0.15, 0.2) is 15.5 Å². The van der Waals surface area contributed by atoms with Crippen LogP contribution >= 0.6 is 11.6 Å². The largest absolute Gasteiger partial charge is 0.506 e. The van der Waals surface area contributed by atoms with E-state index in [2.05, 4.69) is 9.97 Å². The highest BCUT2D eigenvalue weighted by Crippen LogP contribution is 2.36. The molecule has 2 heterocycles. The van der Waals surface area contributed by atoms with Crippen molar-refractivity contribution in [3.8, 4) is 17.6 Å². The van der Waals surface area contributed by atoms with Crippen LogP contribution in [0.1, 0.15) is 75.9 Å². The van der Waals surface area contributed by atoms with Gasteiger partial charge in [-0.3, -0.25) is 4.98 Å². The lowest BCUT2D eigenvalue weighted by molar-refractivity contribution is 0.206. The maximum absolute atomic E-state index is 13.1. The van der Waals surface area contributed by atoms with Gasteiger partial charge in [-0.25, -0.2) is 13.4 Å². The second-order valence-electron chi connectivity index (χ2n) is 8.42. The second-order valence-corrected chi connectivity index (χ2v) is 11.1. The van der Waals surface area contributed by atoms with Crippen molar-refractivity contribution in [2.75, 3.05) is 0 Å². The smallest absolute Gasteiger partial charge is 0.183 e. The van der Waals surface area contributed by atoms with Gasteiger partial charge in [0.05, 0.1) is 26.6 Å². The summed E-state index contributed by atoms with van der Waals surface area (Å²) in [6.45, 7) is 7.63. The van der Waals surface area contributed by atoms with Gasteiger partial charge < -0.3 is 9.84 Å². The first-order valence-electron chi connectivity index (χ1n) is 10.2. The van der Waals surface area contributed by atoms with Crippen molar-refractivity contribution < 1.29 is 18.3 Å². The van der Waals surface area contributed by atoms with Crippen molar-refractivity contribution in [2.45, 2.75) is 75.0 Å². The highest BCUT2D eigenvalue weighted by atomic mass is 35.5. The number of hydrogen-bond donors (Lipinski definition) is 1. The predicted molar refractivity (Wildman–Crippen MR) is 117 cm³/mol. The van der Waals surface area contributed by atoms with Gasteiger partial charge in [0.2, 0.25) is 0 Å².